The van der Waals surface area contributed by atoms with Crippen LogP contribution in [0.4, 0.5) is 10.5 Å². The fraction of sp³-hybridized carbons (Fsp3) is 0.500. The lowest BCUT2D eigenvalue weighted by molar-refractivity contribution is 0.252. The number of benzene rings is 1. The van der Waals surface area contributed by atoms with Crippen molar-refractivity contribution in [1.29, 1.82) is 0 Å². The van der Waals surface area contributed by atoms with Gasteiger partial charge in [0, 0.05) is 12.2 Å². The Hall–Kier alpha value is -1.55. The van der Waals surface area contributed by atoms with Crippen LogP contribution in [-0.4, -0.2) is 26.2 Å². The van der Waals surface area contributed by atoms with Gasteiger partial charge in [-0.2, -0.15) is 0 Å². The highest BCUT2D eigenvalue weighted by atomic mass is 16.2. The van der Waals surface area contributed by atoms with Gasteiger partial charge in [-0.05, 0) is 38.6 Å². The molecule has 0 saturated carbocycles. The zero-order valence-corrected chi connectivity index (χ0v) is 11.0. The molecule has 0 aromatic heterocycles. The van der Waals surface area contributed by atoms with Crippen molar-refractivity contribution in [3.8, 4) is 0 Å². The molecule has 1 rings (SSSR count). The summed E-state index contributed by atoms with van der Waals surface area (Å²) in [4.78, 5) is 11.5. The average molecular weight is 249 g/mol. The molecule has 0 aliphatic carbocycles. The van der Waals surface area contributed by atoms with Crippen LogP contribution in [-0.2, 0) is 0 Å². The van der Waals surface area contributed by atoms with E-state index in [4.69, 9.17) is 0 Å². The fourth-order valence-electron chi connectivity index (χ4n) is 1.68. The van der Waals surface area contributed by atoms with Crippen molar-refractivity contribution in [2.24, 2.45) is 0 Å². The molecule has 0 saturated heterocycles. The largest absolute Gasteiger partial charge is 0.338 e. The van der Waals surface area contributed by atoms with Gasteiger partial charge < -0.3 is 16.0 Å². The van der Waals surface area contributed by atoms with E-state index in [1.165, 1.54) is 12.8 Å². The summed E-state index contributed by atoms with van der Waals surface area (Å²) < 4.78 is 0. The SMILES string of the molecule is CNCCCCCCNC(=O)Nc1ccccc1. The third-order valence-electron chi connectivity index (χ3n) is 2.67. The molecule has 0 heterocycles. The lowest BCUT2D eigenvalue weighted by Gasteiger charge is -2.07. The van der Waals surface area contributed by atoms with Crippen molar-refractivity contribution in [3.05, 3.63) is 30.3 Å². The number of carbonyl (C=O) groups is 1. The summed E-state index contributed by atoms with van der Waals surface area (Å²) in [5, 5.41) is 8.77. The first kappa shape index (κ1) is 14.5. The Kier molecular flexibility index (Phi) is 7.64. The molecule has 0 bridgehead atoms. The maximum absolute atomic E-state index is 11.5. The van der Waals surface area contributed by atoms with E-state index in [1.54, 1.807) is 0 Å². The first-order chi connectivity index (χ1) is 8.83. The van der Waals surface area contributed by atoms with E-state index in [2.05, 4.69) is 16.0 Å². The topological polar surface area (TPSA) is 53.2 Å². The molecule has 1 aromatic rings. The summed E-state index contributed by atoms with van der Waals surface area (Å²) in [6.45, 7) is 1.81. The maximum Gasteiger partial charge on any atom is 0.319 e. The quantitative estimate of drug-likeness (QED) is 0.620. The number of para-hydroxylation sites is 1. The highest BCUT2D eigenvalue weighted by Gasteiger charge is 1.99. The molecular formula is C14H23N3O. The lowest BCUT2D eigenvalue weighted by Crippen LogP contribution is -2.29. The van der Waals surface area contributed by atoms with Crippen LogP contribution in [0.3, 0.4) is 0 Å². The van der Waals surface area contributed by atoms with Gasteiger partial charge in [-0.25, -0.2) is 4.79 Å². The number of anilines is 1. The Morgan fingerprint density at radius 3 is 2.33 bits per heavy atom. The summed E-state index contributed by atoms with van der Waals surface area (Å²) in [5.41, 5.74) is 0.823. The summed E-state index contributed by atoms with van der Waals surface area (Å²) in [5.74, 6) is 0. The Bertz CT molecular complexity index is 327. The van der Waals surface area contributed by atoms with Crippen molar-refractivity contribution in [2.45, 2.75) is 25.7 Å². The van der Waals surface area contributed by atoms with Gasteiger partial charge in [-0.3, -0.25) is 0 Å². The molecule has 2 amide bonds. The molecule has 0 fully saturated rings. The Balaban J connectivity index is 2.00. The highest BCUT2D eigenvalue weighted by Crippen LogP contribution is 2.04. The first-order valence-corrected chi connectivity index (χ1v) is 6.57. The van der Waals surface area contributed by atoms with E-state index < -0.39 is 0 Å². The molecule has 1 aromatic carbocycles. The van der Waals surface area contributed by atoms with Crippen molar-refractivity contribution >= 4 is 11.7 Å². The molecule has 100 valence electrons. The second-order valence-electron chi connectivity index (χ2n) is 4.26. The fourth-order valence-corrected chi connectivity index (χ4v) is 1.68. The van der Waals surface area contributed by atoms with E-state index in [9.17, 15) is 4.79 Å². The van der Waals surface area contributed by atoms with Gasteiger partial charge in [0.15, 0.2) is 0 Å². The predicted molar refractivity (Wildman–Crippen MR) is 75.9 cm³/mol. The van der Waals surface area contributed by atoms with Crippen molar-refractivity contribution in [2.75, 3.05) is 25.5 Å². The zero-order valence-electron chi connectivity index (χ0n) is 11.0. The summed E-state index contributed by atoms with van der Waals surface area (Å²) in [6.07, 6.45) is 4.61. The van der Waals surface area contributed by atoms with Gasteiger partial charge >= 0.3 is 6.03 Å². The number of nitrogens with one attached hydrogen (secondary N) is 3. The van der Waals surface area contributed by atoms with E-state index in [0.717, 1.165) is 31.6 Å². The standard InChI is InChI=1S/C14H23N3O/c1-15-11-7-2-3-8-12-16-14(18)17-13-9-5-4-6-10-13/h4-6,9-10,15H,2-3,7-8,11-12H2,1H3,(H2,16,17,18). The molecule has 18 heavy (non-hydrogen) atoms. The minimum absolute atomic E-state index is 0.128. The molecule has 3 N–H and O–H groups in total. The lowest BCUT2D eigenvalue weighted by atomic mass is 10.2. The molecular weight excluding hydrogens is 226 g/mol. The smallest absolute Gasteiger partial charge is 0.319 e. The third-order valence-corrected chi connectivity index (χ3v) is 2.67. The highest BCUT2D eigenvalue weighted by molar-refractivity contribution is 5.89. The number of urea groups is 1. The summed E-state index contributed by atoms with van der Waals surface area (Å²) in [7, 11) is 1.97. The molecule has 0 aliphatic heterocycles. The number of carbonyl (C=O) groups excluding carboxylic acids is 1. The molecule has 0 aliphatic rings. The van der Waals surface area contributed by atoms with Crippen LogP contribution in [0, 0.1) is 0 Å². The van der Waals surface area contributed by atoms with Crippen LogP contribution in [0.2, 0.25) is 0 Å². The Morgan fingerprint density at radius 1 is 1.00 bits per heavy atom. The van der Waals surface area contributed by atoms with Crippen molar-refractivity contribution in [3.63, 3.8) is 0 Å². The average Bonchev–Trinajstić information content (AvgIpc) is 2.39. The predicted octanol–water partition coefficient (Wildman–Crippen LogP) is 2.59. The molecule has 0 radical (unpaired) electrons. The zero-order chi connectivity index (χ0) is 13.1. The number of unbranched alkanes of at least 4 members (excludes halogenated alkanes) is 3. The summed E-state index contributed by atoms with van der Waals surface area (Å²) >= 11 is 0. The second kappa shape index (κ2) is 9.48. The van der Waals surface area contributed by atoms with Crippen LogP contribution < -0.4 is 16.0 Å². The van der Waals surface area contributed by atoms with Gasteiger partial charge in [-0.1, -0.05) is 31.0 Å². The summed E-state index contributed by atoms with van der Waals surface area (Å²) in [6, 6.07) is 9.34. The van der Waals surface area contributed by atoms with Gasteiger partial charge in [0.25, 0.3) is 0 Å². The van der Waals surface area contributed by atoms with Gasteiger partial charge in [0.2, 0.25) is 0 Å². The molecule has 4 nitrogen and oxygen atoms in total. The first-order valence-electron chi connectivity index (χ1n) is 6.57. The minimum Gasteiger partial charge on any atom is -0.338 e. The van der Waals surface area contributed by atoms with Crippen LogP contribution in [0.5, 0.6) is 0 Å². The normalized spacial score (nSPS) is 10.1. The van der Waals surface area contributed by atoms with E-state index in [1.807, 2.05) is 37.4 Å². The van der Waals surface area contributed by atoms with Crippen LogP contribution in [0.15, 0.2) is 30.3 Å². The maximum atomic E-state index is 11.5. The molecule has 4 heteroatoms. The van der Waals surface area contributed by atoms with E-state index in [-0.39, 0.29) is 6.03 Å². The van der Waals surface area contributed by atoms with Gasteiger partial charge in [0.05, 0.1) is 0 Å². The van der Waals surface area contributed by atoms with Gasteiger partial charge in [0.1, 0.15) is 0 Å². The number of rotatable bonds is 8. The second-order valence-corrected chi connectivity index (χ2v) is 4.26. The molecule has 0 unspecified atom stereocenters. The van der Waals surface area contributed by atoms with E-state index in [0.29, 0.717) is 0 Å². The minimum atomic E-state index is -0.128. The van der Waals surface area contributed by atoms with Crippen LogP contribution in [0.1, 0.15) is 25.7 Å². The van der Waals surface area contributed by atoms with Crippen molar-refractivity contribution < 1.29 is 4.79 Å². The number of amides is 2. The molecule has 0 atom stereocenters. The van der Waals surface area contributed by atoms with Gasteiger partial charge in [-0.15, -0.1) is 0 Å². The molecule has 0 spiro atoms. The number of hydrogen-bond donors (Lipinski definition) is 3. The van der Waals surface area contributed by atoms with Crippen molar-refractivity contribution in [1.82, 2.24) is 10.6 Å². The van der Waals surface area contributed by atoms with E-state index >= 15 is 0 Å². The number of hydrogen-bond acceptors (Lipinski definition) is 2. The van der Waals surface area contributed by atoms with Crippen LogP contribution >= 0.6 is 0 Å². The monoisotopic (exact) mass is 249 g/mol. The Labute approximate surface area is 109 Å². The Morgan fingerprint density at radius 2 is 1.67 bits per heavy atom. The van der Waals surface area contributed by atoms with Crippen LogP contribution in [0.25, 0.3) is 0 Å². The third kappa shape index (κ3) is 6.91.